The molecule has 1 aromatic heterocycles. The van der Waals surface area contributed by atoms with Crippen molar-refractivity contribution < 1.29 is 14.9 Å². The lowest BCUT2D eigenvalue weighted by atomic mass is 10.0. The maximum Gasteiger partial charge on any atom is 0.200 e. The summed E-state index contributed by atoms with van der Waals surface area (Å²) >= 11 is 0. The second-order valence-electron chi connectivity index (χ2n) is 3.40. The van der Waals surface area contributed by atoms with Gasteiger partial charge < -0.3 is 14.9 Å². The molecule has 0 spiro atoms. The Labute approximate surface area is 74.7 Å². The van der Waals surface area contributed by atoms with Gasteiger partial charge in [0.1, 0.15) is 12.2 Å². The standard InChI is InChI=1S/C9H9NO3/c1-10-8(11)6-4-2-3-5(13-4)7(6)9(10)12/h2-5,11-12H,1H3/t4-,5+. The molecule has 68 valence electrons. The van der Waals surface area contributed by atoms with Gasteiger partial charge in [-0.05, 0) is 0 Å². The van der Waals surface area contributed by atoms with Gasteiger partial charge >= 0.3 is 0 Å². The quantitative estimate of drug-likeness (QED) is 0.587. The summed E-state index contributed by atoms with van der Waals surface area (Å²) in [7, 11) is 1.63. The van der Waals surface area contributed by atoms with Gasteiger partial charge in [0.2, 0.25) is 0 Å². The van der Waals surface area contributed by atoms with Crippen LogP contribution in [0.25, 0.3) is 0 Å². The van der Waals surface area contributed by atoms with Crippen molar-refractivity contribution in [2.45, 2.75) is 12.2 Å². The van der Waals surface area contributed by atoms with Gasteiger partial charge in [0.15, 0.2) is 11.8 Å². The van der Waals surface area contributed by atoms with Crippen molar-refractivity contribution >= 4 is 0 Å². The third-order valence-corrected chi connectivity index (χ3v) is 2.73. The molecule has 2 bridgehead atoms. The zero-order valence-electron chi connectivity index (χ0n) is 7.06. The fourth-order valence-electron chi connectivity index (χ4n) is 2.04. The molecule has 1 aromatic rings. The van der Waals surface area contributed by atoms with Gasteiger partial charge in [0, 0.05) is 7.05 Å². The second-order valence-corrected chi connectivity index (χ2v) is 3.40. The average Bonchev–Trinajstić information content (AvgIpc) is 2.76. The first-order chi connectivity index (χ1) is 6.20. The summed E-state index contributed by atoms with van der Waals surface area (Å²) in [5.74, 6) is 0.203. The van der Waals surface area contributed by atoms with Crippen LogP contribution in [-0.2, 0) is 11.8 Å². The van der Waals surface area contributed by atoms with Gasteiger partial charge in [-0.1, -0.05) is 12.2 Å². The molecule has 13 heavy (non-hydrogen) atoms. The Balaban J connectivity index is 2.34. The van der Waals surface area contributed by atoms with Crippen molar-refractivity contribution in [1.29, 1.82) is 0 Å². The maximum atomic E-state index is 9.65. The summed E-state index contributed by atoms with van der Waals surface area (Å²) < 4.78 is 6.83. The molecule has 2 N–H and O–H groups in total. The number of ether oxygens (including phenoxy) is 1. The van der Waals surface area contributed by atoms with Crippen LogP contribution in [-0.4, -0.2) is 14.8 Å². The minimum Gasteiger partial charge on any atom is -0.494 e. The van der Waals surface area contributed by atoms with E-state index in [9.17, 15) is 10.2 Å². The predicted octanol–water partition coefficient (Wildman–Crippen LogP) is 1.12. The minimum absolute atomic E-state index is 0.101. The Hall–Kier alpha value is -1.42. The monoisotopic (exact) mass is 179 g/mol. The summed E-state index contributed by atoms with van der Waals surface area (Å²) in [5, 5.41) is 19.3. The molecule has 0 aromatic carbocycles. The van der Waals surface area contributed by atoms with Crippen molar-refractivity contribution in [2.75, 3.05) is 0 Å². The van der Waals surface area contributed by atoms with Crippen molar-refractivity contribution in [2.24, 2.45) is 7.05 Å². The number of hydrogen-bond donors (Lipinski definition) is 2. The van der Waals surface area contributed by atoms with Crippen LogP contribution in [0.2, 0.25) is 0 Å². The lowest BCUT2D eigenvalue weighted by Crippen LogP contribution is -1.92. The molecule has 0 amide bonds. The van der Waals surface area contributed by atoms with E-state index in [0.29, 0.717) is 11.1 Å². The van der Waals surface area contributed by atoms with Crippen molar-refractivity contribution in [3.05, 3.63) is 23.3 Å². The predicted molar refractivity (Wildman–Crippen MR) is 44.4 cm³/mol. The Morgan fingerprint density at radius 1 is 1.15 bits per heavy atom. The van der Waals surface area contributed by atoms with E-state index in [1.807, 2.05) is 12.2 Å². The van der Waals surface area contributed by atoms with Crippen LogP contribution in [0.4, 0.5) is 0 Å². The maximum absolute atomic E-state index is 9.65. The summed E-state index contributed by atoms with van der Waals surface area (Å²) in [4.78, 5) is 0. The first-order valence-electron chi connectivity index (χ1n) is 4.14. The SMILES string of the molecule is Cn1c(O)c2c(c1O)[C@H]1C=C[C@@H]2O1. The highest BCUT2D eigenvalue weighted by molar-refractivity contribution is 5.55. The third kappa shape index (κ3) is 0.615. The Kier molecular flexibility index (Phi) is 1.03. The molecule has 2 aliphatic heterocycles. The number of fused-ring (bicyclic) bond motifs is 5. The zero-order chi connectivity index (χ0) is 9.16. The van der Waals surface area contributed by atoms with Crippen molar-refractivity contribution in [1.82, 2.24) is 4.57 Å². The molecule has 0 saturated carbocycles. The van der Waals surface area contributed by atoms with E-state index in [0.717, 1.165) is 0 Å². The molecule has 0 saturated heterocycles. The van der Waals surface area contributed by atoms with E-state index in [1.165, 1.54) is 4.57 Å². The highest BCUT2D eigenvalue weighted by Crippen LogP contribution is 2.54. The van der Waals surface area contributed by atoms with Gasteiger partial charge in [0.25, 0.3) is 0 Å². The van der Waals surface area contributed by atoms with Gasteiger partial charge in [-0.2, -0.15) is 0 Å². The molecule has 0 unspecified atom stereocenters. The van der Waals surface area contributed by atoms with Gasteiger partial charge in [0.05, 0.1) is 11.1 Å². The number of aromatic hydroxyl groups is 2. The minimum atomic E-state index is -0.174. The lowest BCUT2D eigenvalue weighted by Gasteiger charge is -2.04. The summed E-state index contributed by atoms with van der Waals surface area (Å²) in [6.07, 6.45) is 3.44. The van der Waals surface area contributed by atoms with Crippen LogP contribution in [0, 0.1) is 0 Å². The molecule has 0 radical (unpaired) electrons. The Bertz CT molecular complexity index is 383. The van der Waals surface area contributed by atoms with Gasteiger partial charge in [-0.25, -0.2) is 0 Å². The number of hydrogen-bond acceptors (Lipinski definition) is 3. The summed E-state index contributed by atoms with van der Waals surface area (Å²) in [5.41, 5.74) is 1.43. The molecule has 0 aliphatic carbocycles. The topological polar surface area (TPSA) is 54.6 Å². The second kappa shape index (κ2) is 1.90. The van der Waals surface area contributed by atoms with Crippen LogP contribution in [0.1, 0.15) is 23.3 Å². The fraction of sp³-hybridized carbons (Fsp3) is 0.333. The van der Waals surface area contributed by atoms with Crippen LogP contribution in [0.5, 0.6) is 11.8 Å². The molecule has 4 nitrogen and oxygen atoms in total. The number of rotatable bonds is 0. The largest absolute Gasteiger partial charge is 0.494 e. The van der Waals surface area contributed by atoms with Crippen LogP contribution < -0.4 is 0 Å². The Morgan fingerprint density at radius 3 is 2.08 bits per heavy atom. The van der Waals surface area contributed by atoms with Crippen LogP contribution in [0.15, 0.2) is 12.2 Å². The highest BCUT2D eigenvalue weighted by Gasteiger charge is 2.41. The Morgan fingerprint density at radius 2 is 1.62 bits per heavy atom. The van der Waals surface area contributed by atoms with Crippen molar-refractivity contribution in [3.8, 4) is 11.8 Å². The highest BCUT2D eigenvalue weighted by atomic mass is 16.5. The zero-order valence-corrected chi connectivity index (χ0v) is 7.06. The van der Waals surface area contributed by atoms with E-state index >= 15 is 0 Å². The van der Waals surface area contributed by atoms with Gasteiger partial charge in [-0.3, -0.25) is 4.57 Å². The summed E-state index contributed by atoms with van der Waals surface area (Å²) in [6.45, 7) is 0. The van der Waals surface area contributed by atoms with E-state index < -0.39 is 0 Å². The number of nitrogens with zero attached hydrogens (tertiary/aromatic N) is 1. The van der Waals surface area contributed by atoms with E-state index in [-0.39, 0.29) is 24.0 Å². The smallest absolute Gasteiger partial charge is 0.200 e. The number of aromatic nitrogens is 1. The van der Waals surface area contributed by atoms with E-state index in [4.69, 9.17) is 4.74 Å². The normalized spacial score (nSPS) is 28.4. The molecule has 0 fully saturated rings. The molecule has 3 heterocycles. The van der Waals surface area contributed by atoms with Crippen LogP contribution >= 0.6 is 0 Å². The third-order valence-electron chi connectivity index (χ3n) is 2.73. The fourth-order valence-corrected chi connectivity index (χ4v) is 2.04. The average molecular weight is 179 g/mol. The van der Waals surface area contributed by atoms with Crippen LogP contribution in [0.3, 0.4) is 0 Å². The molecular weight excluding hydrogens is 170 g/mol. The molecule has 3 rings (SSSR count). The lowest BCUT2D eigenvalue weighted by molar-refractivity contribution is 0.0839. The van der Waals surface area contributed by atoms with Gasteiger partial charge in [-0.15, -0.1) is 0 Å². The van der Waals surface area contributed by atoms with Crippen molar-refractivity contribution in [3.63, 3.8) is 0 Å². The van der Waals surface area contributed by atoms with E-state index in [2.05, 4.69) is 0 Å². The molecule has 4 heteroatoms. The molecular formula is C9H9NO3. The first-order valence-corrected chi connectivity index (χ1v) is 4.14. The summed E-state index contributed by atoms with van der Waals surface area (Å²) in [6, 6.07) is 0. The van der Waals surface area contributed by atoms with E-state index in [1.54, 1.807) is 7.05 Å². The molecule has 2 atom stereocenters. The first kappa shape index (κ1) is 7.03. The molecule has 2 aliphatic rings.